The van der Waals surface area contributed by atoms with E-state index in [2.05, 4.69) is 54.3 Å². The summed E-state index contributed by atoms with van der Waals surface area (Å²) in [5.74, 6) is 0.263. The fourth-order valence-electron chi connectivity index (χ4n) is 3.86. The first kappa shape index (κ1) is 18.2. The molecule has 4 rings (SSSR count). The summed E-state index contributed by atoms with van der Waals surface area (Å²) in [6.07, 6.45) is 5.73. The minimum atomic E-state index is 0.145. The lowest BCUT2D eigenvalue weighted by atomic mass is 10.0. The highest BCUT2D eigenvalue weighted by Crippen LogP contribution is 2.36. The van der Waals surface area contributed by atoms with Crippen LogP contribution < -0.4 is 0 Å². The number of rotatable bonds is 5. The Kier molecular flexibility index (Phi) is 5.53. The van der Waals surface area contributed by atoms with Crippen LogP contribution >= 0.6 is 11.3 Å². The van der Waals surface area contributed by atoms with E-state index >= 15 is 0 Å². The summed E-state index contributed by atoms with van der Waals surface area (Å²) in [6.45, 7) is 3.02. The molecule has 27 heavy (non-hydrogen) atoms. The number of benzene rings is 2. The Hall–Kier alpha value is -2.20. The highest BCUT2D eigenvalue weighted by Gasteiger charge is 2.29. The molecule has 2 heterocycles. The van der Waals surface area contributed by atoms with E-state index in [0.717, 1.165) is 42.8 Å². The smallest absolute Gasteiger partial charge is 0.223 e. The van der Waals surface area contributed by atoms with Gasteiger partial charge in [0.2, 0.25) is 5.91 Å². The molecule has 0 saturated carbocycles. The lowest BCUT2D eigenvalue weighted by molar-refractivity contribution is -0.135. The third kappa shape index (κ3) is 4.06. The fraction of sp³-hybridized carbons (Fsp3) is 0.391. The van der Waals surface area contributed by atoms with E-state index in [0.29, 0.717) is 6.42 Å². The van der Waals surface area contributed by atoms with Gasteiger partial charge < -0.3 is 4.90 Å². The standard InChI is InChI=1S/C23H26N2OS/c1-2-17-10-12-18(13-11-17)14-15-22(26)25-16-6-5-8-20(25)23-24-19-7-3-4-9-21(19)27-23/h3-4,7,9-13,20H,2,5-6,8,14-16H2,1H3/t20-/m0/s1. The van der Waals surface area contributed by atoms with Crippen LogP contribution in [0.1, 0.15) is 54.8 Å². The average Bonchev–Trinajstić information content (AvgIpc) is 3.16. The number of fused-ring (bicyclic) bond motifs is 1. The van der Waals surface area contributed by atoms with Crippen molar-refractivity contribution >= 4 is 27.5 Å². The molecule has 1 amide bonds. The summed E-state index contributed by atoms with van der Waals surface area (Å²) >= 11 is 1.74. The van der Waals surface area contributed by atoms with Gasteiger partial charge in [-0.25, -0.2) is 4.98 Å². The number of piperidine rings is 1. The van der Waals surface area contributed by atoms with Gasteiger partial charge in [-0.2, -0.15) is 0 Å². The molecular weight excluding hydrogens is 352 g/mol. The summed E-state index contributed by atoms with van der Waals surface area (Å²) < 4.78 is 1.21. The predicted octanol–water partition coefficient (Wildman–Crippen LogP) is 5.55. The van der Waals surface area contributed by atoms with Crippen LogP contribution in [-0.2, 0) is 17.6 Å². The molecule has 3 nitrogen and oxygen atoms in total. The van der Waals surface area contributed by atoms with Gasteiger partial charge in [0.1, 0.15) is 5.01 Å². The Morgan fingerprint density at radius 1 is 1.11 bits per heavy atom. The quantitative estimate of drug-likeness (QED) is 0.583. The summed E-state index contributed by atoms with van der Waals surface area (Å²) in [5.41, 5.74) is 3.64. The van der Waals surface area contributed by atoms with Gasteiger partial charge in [0.25, 0.3) is 0 Å². The zero-order chi connectivity index (χ0) is 18.6. The number of carbonyl (C=O) groups is 1. The van der Waals surface area contributed by atoms with E-state index < -0.39 is 0 Å². The van der Waals surface area contributed by atoms with Crippen molar-refractivity contribution in [3.05, 3.63) is 64.7 Å². The van der Waals surface area contributed by atoms with Crippen LogP contribution in [0.2, 0.25) is 0 Å². The summed E-state index contributed by atoms with van der Waals surface area (Å²) in [7, 11) is 0. The topological polar surface area (TPSA) is 33.2 Å². The number of aryl methyl sites for hydroxylation is 2. The van der Waals surface area contributed by atoms with Gasteiger partial charge in [-0.05, 0) is 55.4 Å². The van der Waals surface area contributed by atoms with Crippen LogP contribution in [0.5, 0.6) is 0 Å². The highest BCUT2D eigenvalue weighted by atomic mass is 32.1. The number of hydrogen-bond acceptors (Lipinski definition) is 3. The number of nitrogens with zero attached hydrogens (tertiary/aromatic N) is 2. The molecule has 0 spiro atoms. The first-order valence-corrected chi connectivity index (χ1v) is 10.8. The summed E-state index contributed by atoms with van der Waals surface area (Å²) in [5, 5.41) is 1.09. The van der Waals surface area contributed by atoms with Crippen LogP contribution in [0.15, 0.2) is 48.5 Å². The largest absolute Gasteiger partial charge is 0.333 e. The van der Waals surface area contributed by atoms with Gasteiger partial charge in [0, 0.05) is 13.0 Å². The van der Waals surface area contributed by atoms with Crippen molar-refractivity contribution in [3.8, 4) is 0 Å². The van der Waals surface area contributed by atoms with Crippen molar-refractivity contribution in [2.45, 2.75) is 51.5 Å². The second-order valence-electron chi connectivity index (χ2n) is 7.29. The van der Waals surface area contributed by atoms with Crippen molar-refractivity contribution in [1.82, 2.24) is 9.88 Å². The minimum Gasteiger partial charge on any atom is -0.333 e. The SMILES string of the molecule is CCc1ccc(CCC(=O)N2CCCC[C@H]2c2nc3ccccc3s2)cc1. The Balaban J connectivity index is 1.46. The molecule has 0 radical (unpaired) electrons. The molecule has 1 aromatic heterocycles. The van der Waals surface area contributed by atoms with Crippen LogP contribution in [0, 0.1) is 0 Å². The van der Waals surface area contributed by atoms with E-state index in [1.54, 1.807) is 11.3 Å². The van der Waals surface area contributed by atoms with Gasteiger partial charge in [0.05, 0.1) is 16.3 Å². The molecule has 3 aromatic rings. The molecular formula is C23H26N2OS. The predicted molar refractivity (Wildman–Crippen MR) is 112 cm³/mol. The van der Waals surface area contributed by atoms with E-state index in [1.165, 1.54) is 22.2 Å². The van der Waals surface area contributed by atoms with Crippen LogP contribution in [0.25, 0.3) is 10.2 Å². The molecule has 1 fully saturated rings. The molecule has 1 atom stereocenters. The number of likely N-dealkylation sites (tertiary alicyclic amines) is 1. The third-order valence-electron chi connectivity index (χ3n) is 5.48. The maximum absolute atomic E-state index is 13.0. The average molecular weight is 379 g/mol. The van der Waals surface area contributed by atoms with Gasteiger partial charge >= 0.3 is 0 Å². The molecule has 140 valence electrons. The van der Waals surface area contributed by atoms with E-state index in [4.69, 9.17) is 4.98 Å². The van der Waals surface area contributed by atoms with Gasteiger partial charge in [-0.1, -0.05) is 43.3 Å². The Labute approximate surface area is 165 Å². The Morgan fingerprint density at radius 3 is 2.67 bits per heavy atom. The van der Waals surface area contributed by atoms with Crippen molar-refractivity contribution in [1.29, 1.82) is 0 Å². The lowest BCUT2D eigenvalue weighted by Gasteiger charge is -2.34. The molecule has 1 aliphatic rings. The minimum absolute atomic E-state index is 0.145. The van der Waals surface area contributed by atoms with E-state index in [1.807, 2.05) is 6.07 Å². The Bertz CT molecular complexity index is 883. The number of carbonyl (C=O) groups excluding carboxylic acids is 1. The number of para-hydroxylation sites is 1. The van der Waals surface area contributed by atoms with Crippen molar-refractivity contribution in [3.63, 3.8) is 0 Å². The Morgan fingerprint density at radius 2 is 1.89 bits per heavy atom. The highest BCUT2D eigenvalue weighted by molar-refractivity contribution is 7.18. The second kappa shape index (κ2) is 8.22. The molecule has 2 aromatic carbocycles. The number of amides is 1. The van der Waals surface area contributed by atoms with Gasteiger partial charge in [0.15, 0.2) is 0 Å². The summed E-state index contributed by atoms with van der Waals surface area (Å²) in [4.78, 5) is 19.9. The van der Waals surface area contributed by atoms with Crippen molar-refractivity contribution in [2.75, 3.05) is 6.54 Å². The number of thiazole rings is 1. The van der Waals surface area contributed by atoms with Crippen LogP contribution in [0.3, 0.4) is 0 Å². The zero-order valence-corrected chi connectivity index (χ0v) is 16.7. The van der Waals surface area contributed by atoms with Crippen LogP contribution in [0.4, 0.5) is 0 Å². The normalized spacial score (nSPS) is 17.4. The molecule has 0 aliphatic carbocycles. The maximum Gasteiger partial charge on any atom is 0.223 e. The third-order valence-corrected chi connectivity index (χ3v) is 6.62. The molecule has 0 bridgehead atoms. The van der Waals surface area contributed by atoms with E-state index in [9.17, 15) is 4.79 Å². The molecule has 1 aliphatic heterocycles. The van der Waals surface area contributed by atoms with E-state index in [-0.39, 0.29) is 11.9 Å². The van der Waals surface area contributed by atoms with Crippen molar-refractivity contribution in [2.24, 2.45) is 0 Å². The zero-order valence-electron chi connectivity index (χ0n) is 15.9. The first-order valence-electron chi connectivity index (χ1n) is 9.97. The first-order chi connectivity index (χ1) is 13.2. The molecule has 0 N–H and O–H groups in total. The molecule has 0 unspecified atom stereocenters. The van der Waals surface area contributed by atoms with Crippen molar-refractivity contribution < 1.29 is 4.79 Å². The molecule has 4 heteroatoms. The monoisotopic (exact) mass is 378 g/mol. The molecule has 1 saturated heterocycles. The second-order valence-corrected chi connectivity index (χ2v) is 8.35. The van der Waals surface area contributed by atoms with Gasteiger partial charge in [-0.3, -0.25) is 4.79 Å². The lowest BCUT2D eigenvalue weighted by Crippen LogP contribution is -2.38. The fourth-order valence-corrected chi connectivity index (χ4v) is 4.97. The summed E-state index contributed by atoms with van der Waals surface area (Å²) in [6, 6.07) is 17.1. The number of aromatic nitrogens is 1. The maximum atomic E-state index is 13.0. The number of hydrogen-bond donors (Lipinski definition) is 0. The van der Waals surface area contributed by atoms with Crippen LogP contribution in [-0.4, -0.2) is 22.3 Å². The van der Waals surface area contributed by atoms with Gasteiger partial charge in [-0.15, -0.1) is 11.3 Å².